The van der Waals surface area contributed by atoms with Crippen molar-refractivity contribution in [1.82, 2.24) is 23.7 Å². The molecule has 0 bridgehead atoms. The van der Waals surface area contributed by atoms with Gasteiger partial charge in [-0.25, -0.2) is 9.97 Å². The van der Waals surface area contributed by atoms with Crippen LogP contribution < -0.4 is 0 Å². The largest absolute Gasteiger partial charge is 0.316 e. The third-order valence-corrected chi connectivity index (χ3v) is 13.0. The molecular weight excluding hydrogens is 755 g/mol. The predicted octanol–water partition coefficient (Wildman–Crippen LogP) is 13.6. The quantitative estimate of drug-likeness (QED) is 0.168. The molecule has 0 fully saturated rings. The molecule has 0 saturated heterocycles. The van der Waals surface area contributed by atoms with E-state index >= 15 is 0 Å². The van der Waals surface area contributed by atoms with Crippen molar-refractivity contribution in [1.29, 1.82) is 0 Å². The molecule has 62 heavy (non-hydrogen) atoms. The summed E-state index contributed by atoms with van der Waals surface area (Å²) in [6.07, 6.45) is 6.75. The van der Waals surface area contributed by atoms with Crippen molar-refractivity contribution < 1.29 is 0 Å². The number of aromatic nitrogens is 5. The first kappa shape index (κ1) is 34.6. The molecule has 1 aliphatic rings. The minimum atomic E-state index is -0.619. The van der Waals surface area contributed by atoms with Crippen LogP contribution >= 0.6 is 0 Å². The Morgan fingerprint density at radius 1 is 0.403 bits per heavy atom. The van der Waals surface area contributed by atoms with Crippen LogP contribution in [0.1, 0.15) is 22.4 Å². The topological polar surface area (TPSA) is 40.6 Å². The molecule has 5 heteroatoms. The third-order valence-electron chi connectivity index (χ3n) is 13.0. The molecule has 0 N–H and O–H groups in total. The van der Waals surface area contributed by atoms with Crippen molar-refractivity contribution in [3.63, 3.8) is 0 Å². The molecule has 13 rings (SSSR count). The van der Waals surface area contributed by atoms with Gasteiger partial charge in [0.2, 0.25) is 5.95 Å². The average Bonchev–Trinajstić information content (AvgIpc) is 4.12. The molecule has 8 aromatic carbocycles. The summed E-state index contributed by atoms with van der Waals surface area (Å²) in [5, 5.41) is 5.95. The summed E-state index contributed by atoms with van der Waals surface area (Å²) in [6, 6.07) is 73.8. The predicted molar refractivity (Wildman–Crippen MR) is 255 cm³/mol. The number of nitrogens with zero attached hydrogens (tertiary/aromatic N) is 5. The van der Waals surface area contributed by atoms with Gasteiger partial charge in [0.15, 0.2) is 0 Å². The Kier molecular flexibility index (Phi) is 7.45. The average molecular weight is 792 g/mol. The fourth-order valence-corrected chi connectivity index (χ4v) is 10.2. The van der Waals surface area contributed by atoms with Gasteiger partial charge in [-0.15, -0.1) is 0 Å². The number of hydrogen-bond donors (Lipinski definition) is 0. The number of fused-ring (bicyclic) bond motifs is 9. The van der Waals surface area contributed by atoms with Crippen LogP contribution in [0.25, 0.3) is 89.2 Å². The normalized spacial score (nSPS) is 13.2. The van der Waals surface area contributed by atoms with E-state index in [4.69, 9.17) is 9.97 Å². The second kappa shape index (κ2) is 13.4. The molecule has 0 saturated carbocycles. The Morgan fingerprint density at radius 2 is 0.984 bits per heavy atom. The lowest BCUT2D eigenvalue weighted by atomic mass is 9.73. The van der Waals surface area contributed by atoms with Crippen LogP contribution in [-0.2, 0) is 5.41 Å². The second-order valence-electron chi connectivity index (χ2n) is 16.2. The first-order chi connectivity index (χ1) is 30.8. The zero-order valence-electron chi connectivity index (χ0n) is 33.6. The summed E-state index contributed by atoms with van der Waals surface area (Å²) in [6.45, 7) is 0. The Morgan fingerprint density at radius 3 is 1.69 bits per heavy atom. The fourth-order valence-electron chi connectivity index (χ4n) is 10.2. The first-order valence-electron chi connectivity index (χ1n) is 21.2. The summed E-state index contributed by atoms with van der Waals surface area (Å²) < 4.78 is 7.00. The molecule has 5 nitrogen and oxygen atoms in total. The minimum absolute atomic E-state index is 0.619. The molecule has 12 aromatic rings. The summed E-state index contributed by atoms with van der Waals surface area (Å²) in [5.41, 5.74) is 13.6. The number of hydrogen-bond acceptors (Lipinski definition) is 2. The van der Waals surface area contributed by atoms with Gasteiger partial charge in [0.05, 0.1) is 44.4 Å². The molecule has 0 amide bonds. The van der Waals surface area contributed by atoms with Crippen LogP contribution in [0.2, 0.25) is 0 Å². The van der Waals surface area contributed by atoms with Gasteiger partial charge in [-0.1, -0.05) is 164 Å². The standard InChI is InChI=1S/C57H37N5/c1-5-17-38(18-6-1)53-47-33-35-57(39-19-7-2-8-20-39,40-21-9-3-10-22-40)55(47)59-56(58-53)62-51-28-16-14-26-44(51)48-37-42(29-31-52(48)62)61-50-27-15-13-25-43(50)45-30-32-49-46(54(45)61)34-36-60(49)41-23-11-4-12-24-41/h1-37H. The van der Waals surface area contributed by atoms with E-state index in [-0.39, 0.29) is 0 Å². The van der Waals surface area contributed by atoms with Crippen LogP contribution in [0.4, 0.5) is 0 Å². The fraction of sp³-hybridized carbons (Fsp3) is 0.0175. The van der Waals surface area contributed by atoms with Gasteiger partial charge < -0.3 is 9.13 Å². The first-order valence-corrected chi connectivity index (χ1v) is 21.2. The number of benzene rings is 8. The van der Waals surface area contributed by atoms with E-state index in [9.17, 15) is 0 Å². The van der Waals surface area contributed by atoms with Crippen LogP contribution in [0.3, 0.4) is 0 Å². The van der Waals surface area contributed by atoms with Crippen LogP contribution in [-0.4, -0.2) is 23.7 Å². The van der Waals surface area contributed by atoms with Gasteiger partial charge in [-0.3, -0.25) is 4.57 Å². The maximum absolute atomic E-state index is 5.69. The monoisotopic (exact) mass is 791 g/mol. The lowest BCUT2D eigenvalue weighted by molar-refractivity contribution is 0.747. The molecule has 0 radical (unpaired) electrons. The van der Waals surface area contributed by atoms with E-state index in [1.807, 2.05) is 0 Å². The van der Waals surface area contributed by atoms with Gasteiger partial charge in [0.1, 0.15) is 0 Å². The third kappa shape index (κ3) is 4.90. The van der Waals surface area contributed by atoms with Crippen LogP contribution in [0.15, 0.2) is 219 Å². The molecule has 0 atom stereocenters. The lowest BCUT2D eigenvalue weighted by Gasteiger charge is -2.30. The highest BCUT2D eigenvalue weighted by Crippen LogP contribution is 2.48. The number of para-hydroxylation sites is 3. The van der Waals surface area contributed by atoms with Crippen LogP contribution in [0.5, 0.6) is 0 Å². The van der Waals surface area contributed by atoms with Crippen molar-refractivity contribution in [2.75, 3.05) is 0 Å². The van der Waals surface area contributed by atoms with Crippen molar-refractivity contribution in [2.45, 2.75) is 5.41 Å². The molecule has 0 unspecified atom stereocenters. The zero-order chi connectivity index (χ0) is 40.8. The van der Waals surface area contributed by atoms with Crippen molar-refractivity contribution in [3.05, 3.63) is 241 Å². The second-order valence-corrected chi connectivity index (χ2v) is 16.2. The Bertz CT molecular complexity index is 3690. The lowest BCUT2D eigenvalue weighted by Crippen LogP contribution is -2.27. The van der Waals surface area contributed by atoms with E-state index < -0.39 is 5.41 Å². The van der Waals surface area contributed by atoms with Gasteiger partial charge in [-0.05, 0) is 65.7 Å². The van der Waals surface area contributed by atoms with Gasteiger partial charge in [0.25, 0.3) is 0 Å². The highest BCUT2D eigenvalue weighted by atomic mass is 15.2. The summed E-state index contributed by atoms with van der Waals surface area (Å²) in [7, 11) is 0. The summed E-state index contributed by atoms with van der Waals surface area (Å²) in [5.74, 6) is 0.641. The van der Waals surface area contributed by atoms with Crippen molar-refractivity contribution in [2.24, 2.45) is 0 Å². The molecular formula is C57H37N5. The Balaban J connectivity index is 1.08. The maximum atomic E-state index is 5.69. The van der Waals surface area contributed by atoms with E-state index in [0.717, 1.165) is 66.8 Å². The smallest absolute Gasteiger partial charge is 0.235 e. The zero-order valence-corrected chi connectivity index (χ0v) is 33.6. The van der Waals surface area contributed by atoms with Crippen molar-refractivity contribution in [3.8, 4) is 28.6 Å². The van der Waals surface area contributed by atoms with E-state index in [0.29, 0.717) is 5.95 Å². The van der Waals surface area contributed by atoms with Gasteiger partial charge in [0, 0.05) is 55.6 Å². The summed E-state index contributed by atoms with van der Waals surface area (Å²) >= 11 is 0. The Hall–Kier alpha value is -8.28. The van der Waals surface area contributed by atoms with E-state index in [1.165, 1.54) is 32.7 Å². The highest BCUT2D eigenvalue weighted by molar-refractivity contribution is 6.19. The van der Waals surface area contributed by atoms with Gasteiger partial charge in [-0.2, -0.15) is 0 Å². The Labute approximate surface area is 357 Å². The van der Waals surface area contributed by atoms with Crippen molar-refractivity contribution >= 4 is 60.6 Å². The van der Waals surface area contributed by atoms with Gasteiger partial charge >= 0.3 is 0 Å². The molecule has 4 heterocycles. The maximum Gasteiger partial charge on any atom is 0.235 e. The SMILES string of the molecule is C1=CC(c2ccccc2)(c2ccccc2)c2nc(-n3c4ccccc4c4cc(-n5c6ccccc6c6ccc7c(ccn7-c7ccccc7)c65)ccc43)nc(-c3ccccc3)c21. The van der Waals surface area contributed by atoms with E-state index in [2.05, 4.69) is 238 Å². The molecule has 290 valence electrons. The van der Waals surface area contributed by atoms with Crippen LogP contribution in [0, 0.1) is 0 Å². The number of allylic oxidation sites excluding steroid dienone is 1. The molecule has 4 aromatic heterocycles. The molecule has 1 aliphatic carbocycles. The van der Waals surface area contributed by atoms with E-state index in [1.54, 1.807) is 0 Å². The highest BCUT2D eigenvalue weighted by Gasteiger charge is 2.42. The number of rotatable bonds is 6. The minimum Gasteiger partial charge on any atom is -0.316 e. The molecule has 0 spiro atoms. The summed E-state index contributed by atoms with van der Waals surface area (Å²) in [4.78, 5) is 11.2. The molecule has 0 aliphatic heterocycles.